The summed E-state index contributed by atoms with van der Waals surface area (Å²) in [4.78, 5) is 27.2. The number of carbonyl (C=O) groups excluding carboxylic acids is 1. The number of hydrogen-bond donors (Lipinski definition) is 1. The average Bonchev–Trinajstić information content (AvgIpc) is 3.42. The summed E-state index contributed by atoms with van der Waals surface area (Å²) in [6.45, 7) is 2.66. The Morgan fingerprint density at radius 3 is 2.65 bits per heavy atom. The first-order chi connectivity index (χ1) is 16.6. The van der Waals surface area contributed by atoms with Crippen molar-refractivity contribution in [3.05, 3.63) is 106 Å². The van der Waals surface area contributed by atoms with Gasteiger partial charge in [0.15, 0.2) is 5.65 Å². The summed E-state index contributed by atoms with van der Waals surface area (Å²) in [6, 6.07) is 24.6. The van der Waals surface area contributed by atoms with E-state index in [4.69, 9.17) is 4.74 Å². The summed E-state index contributed by atoms with van der Waals surface area (Å²) in [5.41, 5.74) is 2.90. The van der Waals surface area contributed by atoms with Crippen LogP contribution in [0.5, 0.6) is 5.75 Å². The third-order valence-electron chi connectivity index (χ3n) is 5.27. The molecule has 0 spiro atoms. The molecule has 0 aliphatic carbocycles. The van der Waals surface area contributed by atoms with E-state index >= 15 is 0 Å². The molecule has 7 nitrogen and oxygen atoms in total. The molecule has 5 aromatic rings. The summed E-state index contributed by atoms with van der Waals surface area (Å²) in [5.74, 6) is 0.328. The van der Waals surface area contributed by atoms with Crippen LogP contribution in [0.25, 0.3) is 16.1 Å². The van der Waals surface area contributed by atoms with Crippen LogP contribution in [-0.2, 0) is 6.54 Å². The number of fused-ring (bicyclic) bond motifs is 1. The highest BCUT2D eigenvalue weighted by Gasteiger charge is 2.19. The van der Waals surface area contributed by atoms with Crippen molar-refractivity contribution in [3.8, 4) is 16.2 Å². The Labute approximate surface area is 199 Å². The number of aromatic nitrogens is 3. The first-order valence-electron chi connectivity index (χ1n) is 10.9. The third kappa shape index (κ3) is 4.35. The lowest BCUT2D eigenvalue weighted by atomic mass is 10.2. The molecule has 0 saturated carbocycles. The Bertz CT molecular complexity index is 1520. The number of amides is 1. The molecule has 0 unspecified atom stereocenters. The predicted molar refractivity (Wildman–Crippen MR) is 134 cm³/mol. The molecule has 2 aromatic carbocycles. The van der Waals surface area contributed by atoms with Crippen LogP contribution in [0, 0.1) is 0 Å². The fourth-order valence-electron chi connectivity index (χ4n) is 3.72. The quantitative estimate of drug-likeness (QED) is 0.366. The van der Waals surface area contributed by atoms with Gasteiger partial charge in [-0.2, -0.15) is 0 Å². The Morgan fingerprint density at radius 2 is 1.85 bits per heavy atom. The van der Waals surface area contributed by atoms with Crippen LogP contribution in [0.1, 0.15) is 22.2 Å². The van der Waals surface area contributed by atoms with Crippen LogP contribution in [0.2, 0.25) is 0 Å². The maximum Gasteiger partial charge on any atom is 0.350 e. The molecule has 5 rings (SSSR count). The molecule has 34 heavy (non-hydrogen) atoms. The Morgan fingerprint density at radius 1 is 1.03 bits per heavy atom. The molecule has 0 atom stereocenters. The molecule has 3 aromatic heterocycles. The second-order valence-electron chi connectivity index (χ2n) is 7.63. The van der Waals surface area contributed by atoms with Crippen LogP contribution < -0.4 is 15.7 Å². The first-order valence-corrected chi connectivity index (χ1v) is 11.7. The summed E-state index contributed by atoms with van der Waals surface area (Å²) in [6.07, 6.45) is 1.69. The molecule has 0 aliphatic rings. The van der Waals surface area contributed by atoms with Crippen LogP contribution >= 0.6 is 11.3 Å². The van der Waals surface area contributed by atoms with Crippen LogP contribution in [0.3, 0.4) is 0 Å². The molecule has 170 valence electrons. The van der Waals surface area contributed by atoms with Crippen LogP contribution in [-0.4, -0.2) is 26.7 Å². The van der Waals surface area contributed by atoms with Gasteiger partial charge >= 0.3 is 5.69 Å². The lowest BCUT2D eigenvalue weighted by molar-refractivity contribution is 0.102. The average molecular weight is 471 g/mol. The van der Waals surface area contributed by atoms with E-state index in [1.165, 1.54) is 20.4 Å². The SMILES string of the molecule is CCOc1cc(-c2ccccc2)sc1C(=O)Nc1cccc(Cn2nc3ccccn3c2=O)c1. The minimum absolute atomic E-state index is 0.210. The summed E-state index contributed by atoms with van der Waals surface area (Å²) in [5, 5.41) is 7.34. The van der Waals surface area contributed by atoms with Gasteiger partial charge in [-0.3, -0.25) is 9.20 Å². The molecule has 0 radical (unpaired) electrons. The van der Waals surface area contributed by atoms with Gasteiger partial charge in [-0.15, -0.1) is 16.4 Å². The molecular formula is C26H22N4O3S. The van der Waals surface area contributed by atoms with Gasteiger partial charge in [-0.05, 0) is 48.4 Å². The minimum Gasteiger partial charge on any atom is -0.492 e. The van der Waals surface area contributed by atoms with E-state index < -0.39 is 0 Å². The van der Waals surface area contributed by atoms with Gasteiger partial charge in [0.1, 0.15) is 10.6 Å². The summed E-state index contributed by atoms with van der Waals surface area (Å²) in [7, 11) is 0. The fraction of sp³-hybridized carbons (Fsp3) is 0.115. The smallest absolute Gasteiger partial charge is 0.350 e. The van der Waals surface area contributed by atoms with E-state index in [9.17, 15) is 9.59 Å². The fourth-order valence-corrected chi connectivity index (χ4v) is 4.72. The summed E-state index contributed by atoms with van der Waals surface area (Å²) >= 11 is 1.40. The molecule has 0 fully saturated rings. The largest absolute Gasteiger partial charge is 0.492 e. The topological polar surface area (TPSA) is 77.6 Å². The maximum absolute atomic E-state index is 13.1. The molecule has 1 amide bonds. The normalized spacial score (nSPS) is 11.0. The van der Waals surface area contributed by atoms with Crippen molar-refractivity contribution in [3.63, 3.8) is 0 Å². The zero-order valence-corrected chi connectivity index (χ0v) is 19.3. The number of benzene rings is 2. The van der Waals surface area contributed by atoms with Gasteiger partial charge in [0, 0.05) is 16.8 Å². The van der Waals surface area contributed by atoms with Gasteiger partial charge < -0.3 is 10.1 Å². The number of pyridine rings is 1. The van der Waals surface area contributed by atoms with E-state index in [2.05, 4.69) is 10.4 Å². The number of carbonyl (C=O) groups is 1. The highest BCUT2D eigenvalue weighted by Crippen LogP contribution is 2.36. The lowest BCUT2D eigenvalue weighted by Gasteiger charge is -2.08. The van der Waals surface area contributed by atoms with Gasteiger partial charge in [0.05, 0.1) is 13.2 Å². The van der Waals surface area contributed by atoms with Crippen molar-refractivity contribution < 1.29 is 9.53 Å². The van der Waals surface area contributed by atoms with Crippen molar-refractivity contribution in [2.24, 2.45) is 0 Å². The maximum atomic E-state index is 13.1. The lowest BCUT2D eigenvalue weighted by Crippen LogP contribution is -2.21. The Kier molecular flexibility index (Phi) is 5.97. The second-order valence-corrected chi connectivity index (χ2v) is 8.68. The number of nitrogens with zero attached hydrogens (tertiary/aromatic N) is 3. The minimum atomic E-state index is -0.238. The molecule has 1 N–H and O–H groups in total. The zero-order valence-electron chi connectivity index (χ0n) is 18.5. The second kappa shape index (κ2) is 9.36. The standard InChI is InChI=1S/C26H22N4O3S/c1-2-33-21-16-22(19-10-4-3-5-11-19)34-24(21)25(31)27-20-12-8-9-18(15-20)17-30-26(32)29-14-7-6-13-23(29)28-30/h3-16H,2,17H2,1H3,(H,27,31). The van der Waals surface area contributed by atoms with Crippen molar-refractivity contribution in [2.45, 2.75) is 13.5 Å². The number of ether oxygens (including phenoxy) is 1. The molecule has 3 heterocycles. The molecule has 0 bridgehead atoms. The third-order valence-corrected chi connectivity index (χ3v) is 6.43. The predicted octanol–water partition coefficient (Wildman–Crippen LogP) is 4.92. The molecule has 0 saturated heterocycles. The summed E-state index contributed by atoms with van der Waals surface area (Å²) < 4.78 is 8.66. The van der Waals surface area contributed by atoms with Gasteiger partial charge in [-0.1, -0.05) is 48.5 Å². The van der Waals surface area contributed by atoms with E-state index in [0.717, 1.165) is 16.0 Å². The van der Waals surface area contributed by atoms with E-state index in [0.29, 0.717) is 35.1 Å². The number of hydrogen-bond acceptors (Lipinski definition) is 5. The number of thiophene rings is 1. The van der Waals surface area contributed by atoms with Gasteiger partial charge in [-0.25, -0.2) is 9.48 Å². The van der Waals surface area contributed by atoms with Crippen molar-refractivity contribution in [1.29, 1.82) is 0 Å². The molecule has 0 aliphatic heterocycles. The van der Waals surface area contributed by atoms with Crippen molar-refractivity contribution >= 4 is 28.6 Å². The Balaban J connectivity index is 1.38. The van der Waals surface area contributed by atoms with Crippen molar-refractivity contribution in [1.82, 2.24) is 14.2 Å². The van der Waals surface area contributed by atoms with Crippen molar-refractivity contribution in [2.75, 3.05) is 11.9 Å². The van der Waals surface area contributed by atoms with Gasteiger partial charge in [0.25, 0.3) is 5.91 Å². The number of nitrogens with one attached hydrogen (secondary N) is 1. The zero-order chi connectivity index (χ0) is 23.5. The van der Waals surface area contributed by atoms with Gasteiger partial charge in [0.2, 0.25) is 0 Å². The number of rotatable bonds is 7. The monoisotopic (exact) mass is 470 g/mol. The highest BCUT2D eigenvalue weighted by molar-refractivity contribution is 7.17. The molecular weight excluding hydrogens is 448 g/mol. The van der Waals surface area contributed by atoms with E-state index in [1.807, 2.05) is 73.7 Å². The molecule has 8 heteroatoms. The van der Waals surface area contributed by atoms with E-state index in [-0.39, 0.29) is 11.6 Å². The highest BCUT2D eigenvalue weighted by atomic mass is 32.1. The van der Waals surface area contributed by atoms with Crippen LogP contribution in [0.4, 0.5) is 5.69 Å². The van der Waals surface area contributed by atoms with Crippen LogP contribution in [0.15, 0.2) is 89.9 Å². The van der Waals surface area contributed by atoms with E-state index in [1.54, 1.807) is 18.3 Å². The Hall–Kier alpha value is -4.17. The number of anilines is 1. The first kappa shape index (κ1) is 21.7.